The maximum atomic E-state index is 13.2. The zero-order chi connectivity index (χ0) is 18.4. The number of likely N-dealkylation sites (N-methyl/N-ethyl adjacent to an activating group) is 1. The van der Waals surface area contributed by atoms with E-state index in [9.17, 15) is 14.0 Å². The molecule has 2 amide bonds. The lowest BCUT2D eigenvalue weighted by Gasteiger charge is -2.16. The maximum absolute atomic E-state index is 13.2. The van der Waals surface area contributed by atoms with E-state index in [0.717, 1.165) is 5.56 Å². The van der Waals surface area contributed by atoms with Gasteiger partial charge in [0.15, 0.2) is 0 Å². The highest BCUT2D eigenvalue weighted by molar-refractivity contribution is 5.95. The molecule has 0 aliphatic carbocycles. The molecule has 6 heteroatoms. The highest BCUT2D eigenvalue weighted by Crippen LogP contribution is 2.11. The summed E-state index contributed by atoms with van der Waals surface area (Å²) < 4.78 is 13.2. The minimum atomic E-state index is -0.289. The summed E-state index contributed by atoms with van der Waals surface area (Å²) in [5, 5.41) is 2.79. The highest BCUT2D eigenvalue weighted by Gasteiger charge is 2.10. The number of amides is 2. The molecule has 0 fully saturated rings. The smallest absolute Gasteiger partial charge is 0.253 e. The molecule has 0 aromatic heterocycles. The average molecular weight is 343 g/mol. The fraction of sp³-hybridized carbons (Fsp3) is 0.263. The first-order chi connectivity index (χ1) is 11.8. The van der Waals surface area contributed by atoms with Crippen molar-refractivity contribution in [3.8, 4) is 0 Å². The van der Waals surface area contributed by atoms with Gasteiger partial charge in [-0.05, 0) is 49.0 Å². The Balaban J connectivity index is 1.88. The van der Waals surface area contributed by atoms with Gasteiger partial charge in [0.25, 0.3) is 5.91 Å². The topological polar surface area (TPSA) is 52.7 Å². The normalized spacial score (nSPS) is 10.6. The molecular weight excluding hydrogens is 321 g/mol. The third-order valence-electron chi connectivity index (χ3n) is 3.58. The lowest BCUT2D eigenvalue weighted by molar-refractivity contribution is -0.117. The first kappa shape index (κ1) is 18.6. The molecule has 0 bridgehead atoms. The first-order valence-electron chi connectivity index (χ1n) is 7.89. The molecular formula is C19H22FN3O2. The number of anilines is 1. The van der Waals surface area contributed by atoms with Crippen LogP contribution in [-0.4, -0.2) is 49.3 Å². The summed E-state index contributed by atoms with van der Waals surface area (Å²) in [7, 11) is 5.17. The van der Waals surface area contributed by atoms with Gasteiger partial charge in [-0.2, -0.15) is 0 Å². The first-order valence-corrected chi connectivity index (χ1v) is 7.89. The van der Waals surface area contributed by atoms with Gasteiger partial charge in [0.05, 0.1) is 6.54 Å². The van der Waals surface area contributed by atoms with Gasteiger partial charge in [-0.3, -0.25) is 14.5 Å². The van der Waals surface area contributed by atoms with Crippen molar-refractivity contribution in [3.63, 3.8) is 0 Å². The second-order valence-electron chi connectivity index (χ2n) is 6.13. The van der Waals surface area contributed by atoms with E-state index in [1.807, 2.05) is 6.07 Å². The van der Waals surface area contributed by atoms with Crippen LogP contribution >= 0.6 is 0 Å². The van der Waals surface area contributed by atoms with E-state index in [1.165, 1.54) is 17.0 Å². The van der Waals surface area contributed by atoms with E-state index in [2.05, 4.69) is 5.32 Å². The van der Waals surface area contributed by atoms with Gasteiger partial charge in [-0.15, -0.1) is 0 Å². The van der Waals surface area contributed by atoms with E-state index < -0.39 is 0 Å². The minimum Gasteiger partial charge on any atom is -0.345 e. The predicted octanol–water partition coefficient (Wildman–Crippen LogP) is 2.60. The maximum Gasteiger partial charge on any atom is 0.253 e. The molecule has 0 saturated heterocycles. The molecule has 0 aliphatic heterocycles. The quantitative estimate of drug-likeness (QED) is 0.877. The number of nitrogens with one attached hydrogen (secondary N) is 1. The monoisotopic (exact) mass is 343 g/mol. The number of rotatable bonds is 6. The lowest BCUT2D eigenvalue weighted by Crippen LogP contribution is -2.29. The molecule has 25 heavy (non-hydrogen) atoms. The second kappa shape index (κ2) is 8.39. The Bertz CT molecular complexity index is 745. The molecule has 0 unspecified atom stereocenters. The Morgan fingerprint density at radius 3 is 2.32 bits per heavy atom. The largest absolute Gasteiger partial charge is 0.345 e. The molecule has 2 rings (SSSR count). The Hall–Kier alpha value is -2.73. The molecule has 0 radical (unpaired) electrons. The van der Waals surface area contributed by atoms with Crippen LogP contribution in [0.25, 0.3) is 0 Å². The van der Waals surface area contributed by atoms with Crippen LogP contribution in [0.5, 0.6) is 0 Å². The zero-order valence-electron chi connectivity index (χ0n) is 14.6. The van der Waals surface area contributed by atoms with Crippen molar-refractivity contribution in [3.05, 3.63) is 65.5 Å². The van der Waals surface area contributed by atoms with Gasteiger partial charge in [-0.1, -0.05) is 12.1 Å². The summed E-state index contributed by atoms with van der Waals surface area (Å²) in [6.45, 7) is 0.649. The van der Waals surface area contributed by atoms with Crippen molar-refractivity contribution >= 4 is 17.5 Å². The molecule has 2 aromatic rings. The summed E-state index contributed by atoms with van der Waals surface area (Å²) in [5.74, 6) is -0.555. The molecule has 0 aliphatic rings. The van der Waals surface area contributed by atoms with Gasteiger partial charge in [0.2, 0.25) is 5.91 Å². The average Bonchev–Trinajstić information content (AvgIpc) is 2.54. The van der Waals surface area contributed by atoms with E-state index in [4.69, 9.17) is 0 Å². The zero-order valence-corrected chi connectivity index (χ0v) is 14.6. The number of carbonyl (C=O) groups is 2. The number of benzene rings is 2. The third-order valence-corrected chi connectivity index (χ3v) is 3.58. The van der Waals surface area contributed by atoms with Gasteiger partial charge < -0.3 is 10.2 Å². The van der Waals surface area contributed by atoms with Crippen LogP contribution in [0.2, 0.25) is 0 Å². The Labute approximate surface area is 147 Å². The molecule has 0 spiro atoms. The van der Waals surface area contributed by atoms with Crippen LogP contribution in [0.4, 0.5) is 10.1 Å². The summed E-state index contributed by atoms with van der Waals surface area (Å²) in [6.07, 6.45) is 0. The minimum absolute atomic E-state index is 0.0901. The molecule has 0 atom stereocenters. The van der Waals surface area contributed by atoms with E-state index in [-0.39, 0.29) is 24.2 Å². The molecule has 5 nitrogen and oxygen atoms in total. The summed E-state index contributed by atoms with van der Waals surface area (Å²) in [5.41, 5.74) is 1.99. The summed E-state index contributed by atoms with van der Waals surface area (Å²) in [4.78, 5) is 27.2. The third kappa shape index (κ3) is 5.69. The standard InChI is InChI=1S/C19H22FN3O2/c1-22(2)19(25)15-7-9-17(10-8-15)21-18(24)13-23(3)12-14-5-4-6-16(20)11-14/h4-11H,12-13H2,1-3H3,(H,21,24). The van der Waals surface area contributed by atoms with Crippen molar-refractivity contribution in [2.24, 2.45) is 0 Å². The van der Waals surface area contributed by atoms with Crippen LogP contribution in [0, 0.1) is 5.82 Å². The van der Waals surface area contributed by atoms with Crippen molar-refractivity contribution < 1.29 is 14.0 Å². The van der Waals surface area contributed by atoms with Crippen molar-refractivity contribution in [2.75, 3.05) is 33.0 Å². The number of hydrogen-bond acceptors (Lipinski definition) is 3. The molecule has 132 valence electrons. The Morgan fingerprint density at radius 1 is 1.04 bits per heavy atom. The Kier molecular flexibility index (Phi) is 6.25. The van der Waals surface area contributed by atoms with Crippen LogP contribution in [0.1, 0.15) is 15.9 Å². The van der Waals surface area contributed by atoms with Gasteiger partial charge in [0, 0.05) is 31.9 Å². The van der Waals surface area contributed by atoms with Crippen molar-refractivity contribution in [2.45, 2.75) is 6.54 Å². The van der Waals surface area contributed by atoms with Crippen LogP contribution in [0.15, 0.2) is 48.5 Å². The molecule has 2 aromatic carbocycles. The van der Waals surface area contributed by atoms with E-state index in [1.54, 1.807) is 56.4 Å². The fourth-order valence-corrected chi connectivity index (χ4v) is 2.40. The summed E-state index contributed by atoms with van der Waals surface area (Å²) in [6, 6.07) is 13.0. The van der Waals surface area contributed by atoms with E-state index in [0.29, 0.717) is 17.8 Å². The van der Waals surface area contributed by atoms with Crippen LogP contribution < -0.4 is 5.32 Å². The number of hydrogen-bond donors (Lipinski definition) is 1. The lowest BCUT2D eigenvalue weighted by atomic mass is 10.2. The Morgan fingerprint density at radius 2 is 1.72 bits per heavy atom. The fourth-order valence-electron chi connectivity index (χ4n) is 2.40. The van der Waals surface area contributed by atoms with Gasteiger partial charge in [-0.25, -0.2) is 4.39 Å². The van der Waals surface area contributed by atoms with Crippen LogP contribution in [0.3, 0.4) is 0 Å². The van der Waals surface area contributed by atoms with Crippen molar-refractivity contribution in [1.82, 2.24) is 9.80 Å². The molecule has 0 heterocycles. The highest BCUT2D eigenvalue weighted by atomic mass is 19.1. The van der Waals surface area contributed by atoms with Gasteiger partial charge in [0.1, 0.15) is 5.82 Å². The second-order valence-corrected chi connectivity index (χ2v) is 6.13. The summed E-state index contributed by atoms with van der Waals surface area (Å²) >= 11 is 0. The predicted molar refractivity (Wildman–Crippen MR) is 95.8 cm³/mol. The van der Waals surface area contributed by atoms with Crippen molar-refractivity contribution in [1.29, 1.82) is 0 Å². The number of carbonyl (C=O) groups excluding carboxylic acids is 2. The van der Waals surface area contributed by atoms with Crippen LogP contribution in [-0.2, 0) is 11.3 Å². The SMILES string of the molecule is CN(CC(=O)Nc1ccc(C(=O)N(C)C)cc1)Cc1cccc(F)c1. The molecule has 0 saturated carbocycles. The number of halogens is 1. The van der Waals surface area contributed by atoms with Gasteiger partial charge >= 0.3 is 0 Å². The van der Waals surface area contributed by atoms with E-state index >= 15 is 0 Å². The molecule has 1 N–H and O–H groups in total. The number of nitrogens with zero attached hydrogens (tertiary/aromatic N) is 2.